The van der Waals surface area contributed by atoms with Crippen LogP contribution in [0.5, 0.6) is 0 Å². The third-order valence-electron chi connectivity index (χ3n) is 4.29. The van der Waals surface area contributed by atoms with Gasteiger partial charge in [-0.15, -0.1) is 24.8 Å². The van der Waals surface area contributed by atoms with Gasteiger partial charge < -0.3 is 15.3 Å². The zero-order chi connectivity index (χ0) is 23.1. The van der Waals surface area contributed by atoms with Gasteiger partial charge in [-0.25, -0.2) is 19.7 Å². The van der Waals surface area contributed by atoms with Gasteiger partial charge in [0.05, 0.1) is 16.1 Å². The number of anilines is 3. The molecule has 0 saturated heterocycles. The van der Waals surface area contributed by atoms with E-state index in [0.717, 1.165) is 40.8 Å². The highest BCUT2D eigenvalue weighted by Crippen LogP contribution is 2.32. The van der Waals surface area contributed by atoms with Crippen LogP contribution in [0.2, 0.25) is 0 Å². The zero-order valence-electron chi connectivity index (χ0n) is 17.8. The topological polar surface area (TPSA) is 91.2 Å². The zero-order valence-corrected chi connectivity index (χ0v) is 20.3. The van der Waals surface area contributed by atoms with Crippen LogP contribution in [-0.4, -0.2) is 39.6 Å². The highest BCUT2D eigenvalue weighted by Gasteiger charge is 2.30. The monoisotopic (exact) mass is 535 g/mol. The Kier molecular flexibility index (Phi) is 11.2. The van der Waals surface area contributed by atoms with Gasteiger partial charge in [0.1, 0.15) is 11.6 Å². The number of hydrogen-bond acceptors (Lipinski definition) is 7. The molecule has 0 aromatic carbocycles. The predicted octanol–water partition coefficient (Wildman–Crippen LogP) is 6.06. The molecule has 0 bridgehead atoms. The fourth-order valence-electron chi connectivity index (χ4n) is 2.73. The average Bonchev–Trinajstić information content (AvgIpc) is 3.23. The number of carboxylic acid groups (broad SMARTS) is 1. The summed E-state index contributed by atoms with van der Waals surface area (Å²) in [6.07, 6.45) is 2.50. The Hall–Kier alpha value is -2.89. The number of rotatable bonds is 9. The first-order valence-electron chi connectivity index (χ1n) is 9.56. The van der Waals surface area contributed by atoms with Gasteiger partial charge in [-0.05, 0) is 37.1 Å². The van der Waals surface area contributed by atoms with Crippen molar-refractivity contribution in [2.75, 3.05) is 23.8 Å². The fourth-order valence-corrected chi connectivity index (χ4v) is 3.61. The van der Waals surface area contributed by atoms with Crippen molar-refractivity contribution in [1.82, 2.24) is 15.0 Å². The summed E-state index contributed by atoms with van der Waals surface area (Å²) >= 11 is 1.43. The molecule has 0 aliphatic carbocycles. The number of allylic oxidation sites excluding steroid dienone is 1. The fraction of sp³-hybridized carbons (Fsp3) is 0.238. The molecule has 0 saturated carbocycles. The molecule has 0 unspecified atom stereocenters. The molecular formula is C21H22Cl2F3N5O2S. The van der Waals surface area contributed by atoms with E-state index in [9.17, 15) is 18.0 Å². The number of carboxylic acids is 1. The second-order valence-corrected chi connectivity index (χ2v) is 7.78. The van der Waals surface area contributed by atoms with E-state index in [2.05, 4.69) is 20.3 Å². The number of aromatic nitrogens is 3. The summed E-state index contributed by atoms with van der Waals surface area (Å²) < 4.78 is 38.7. The van der Waals surface area contributed by atoms with Gasteiger partial charge in [0, 0.05) is 32.1 Å². The molecule has 0 fully saturated rings. The number of nitrogens with zero attached hydrogens (tertiary/aromatic N) is 4. The highest BCUT2D eigenvalue weighted by molar-refractivity contribution is 7.18. The quantitative estimate of drug-likeness (QED) is 0.254. The van der Waals surface area contributed by atoms with Crippen molar-refractivity contribution in [2.45, 2.75) is 19.0 Å². The Balaban J connectivity index is 0.00000289. The molecule has 0 amide bonds. The van der Waals surface area contributed by atoms with E-state index < -0.39 is 17.7 Å². The summed E-state index contributed by atoms with van der Waals surface area (Å²) in [5, 5.41) is 12.2. The van der Waals surface area contributed by atoms with E-state index in [4.69, 9.17) is 5.11 Å². The molecule has 0 radical (unpaired) electrons. The number of pyridine rings is 2. The Morgan fingerprint density at radius 2 is 1.97 bits per heavy atom. The van der Waals surface area contributed by atoms with Gasteiger partial charge in [-0.2, -0.15) is 13.2 Å². The first-order chi connectivity index (χ1) is 15.2. The molecule has 184 valence electrons. The summed E-state index contributed by atoms with van der Waals surface area (Å²) in [7, 11) is 1.90. The van der Waals surface area contributed by atoms with Crippen LogP contribution in [0.3, 0.4) is 0 Å². The number of alkyl halides is 3. The molecule has 3 aromatic heterocycles. The summed E-state index contributed by atoms with van der Waals surface area (Å²) in [5.41, 5.74) is -0.164. The largest absolute Gasteiger partial charge is 0.478 e. The SMILES string of the molecule is CN(CCC/C=C/C(=O)O)c1ncc(-c2cccc(Nc3cc(C(F)(F)F)ccn3)n2)s1.Cl.Cl. The molecule has 0 spiro atoms. The second-order valence-electron chi connectivity index (χ2n) is 6.77. The van der Waals surface area contributed by atoms with E-state index >= 15 is 0 Å². The Morgan fingerprint density at radius 1 is 1.21 bits per heavy atom. The van der Waals surface area contributed by atoms with Crippen molar-refractivity contribution in [3.05, 3.63) is 60.4 Å². The summed E-state index contributed by atoms with van der Waals surface area (Å²) in [5.74, 6) is -0.551. The van der Waals surface area contributed by atoms with Gasteiger partial charge in [-0.3, -0.25) is 0 Å². The minimum atomic E-state index is -4.45. The minimum Gasteiger partial charge on any atom is -0.478 e. The van der Waals surface area contributed by atoms with E-state index in [1.807, 2.05) is 11.9 Å². The van der Waals surface area contributed by atoms with Crippen molar-refractivity contribution >= 4 is 58.9 Å². The van der Waals surface area contributed by atoms with Gasteiger partial charge in [-0.1, -0.05) is 23.5 Å². The molecule has 0 atom stereocenters. The second kappa shape index (κ2) is 13.1. The standard InChI is InChI=1S/C21H20F3N5O2S.2ClH/c1-29(11-4-2-3-8-19(30)31)20-26-13-16(32-20)15-6-5-7-17(27-15)28-18-12-14(9-10-25-18)21(22,23)24;;/h3,5-10,12-13H,2,4,11H2,1H3,(H,30,31)(H,25,27,28);2*1H/b8-3+;;. The molecule has 3 heterocycles. The predicted molar refractivity (Wildman–Crippen MR) is 132 cm³/mol. The number of thiazole rings is 1. The van der Waals surface area contributed by atoms with Gasteiger partial charge in [0.2, 0.25) is 0 Å². The van der Waals surface area contributed by atoms with Crippen LogP contribution in [0, 0.1) is 0 Å². The lowest BCUT2D eigenvalue weighted by Gasteiger charge is -2.14. The lowest BCUT2D eigenvalue weighted by Crippen LogP contribution is -2.17. The maximum Gasteiger partial charge on any atom is 0.416 e. The molecule has 3 rings (SSSR count). The average molecular weight is 536 g/mol. The number of nitrogens with one attached hydrogen (secondary N) is 1. The molecule has 0 aliphatic rings. The van der Waals surface area contributed by atoms with Crippen LogP contribution in [-0.2, 0) is 11.0 Å². The summed E-state index contributed by atoms with van der Waals surface area (Å²) in [6, 6.07) is 7.02. The van der Waals surface area contributed by atoms with Gasteiger partial charge in [0.15, 0.2) is 5.13 Å². The van der Waals surface area contributed by atoms with E-state index in [1.165, 1.54) is 11.3 Å². The molecule has 2 N–H and O–H groups in total. The smallest absolute Gasteiger partial charge is 0.416 e. The Bertz CT molecular complexity index is 1110. The number of aliphatic carboxylic acids is 1. The van der Waals surface area contributed by atoms with Gasteiger partial charge in [0.25, 0.3) is 0 Å². The lowest BCUT2D eigenvalue weighted by atomic mass is 10.2. The molecule has 34 heavy (non-hydrogen) atoms. The van der Waals surface area contributed by atoms with Crippen molar-refractivity contribution in [1.29, 1.82) is 0 Å². The number of carbonyl (C=O) groups is 1. The van der Waals surface area contributed by atoms with E-state index in [0.29, 0.717) is 24.5 Å². The number of hydrogen-bond donors (Lipinski definition) is 2. The third-order valence-corrected chi connectivity index (χ3v) is 5.42. The molecule has 13 heteroatoms. The summed E-state index contributed by atoms with van der Waals surface area (Å²) in [4.78, 5) is 26.0. The molecule has 7 nitrogen and oxygen atoms in total. The van der Waals surface area contributed by atoms with E-state index in [1.54, 1.807) is 30.5 Å². The maximum absolute atomic E-state index is 12.9. The van der Waals surface area contributed by atoms with Crippen molar-refractivity contribution < 1.29 is 23.1 Å². The van der Waals surface area contributed by atoms with Crippen LogP contribution in [0.1, 0.15) is 18.4 Å². The van der Waals surface area contributed by atoms with Crippen LogP contribution < -0.4 is 10.2 Å². The van der Waals surface area contributed by atoms with Crippen molar-refractivity contribution in [2.24, 2.45) is 0 Å². The molecule has 3 aromatic rings. The van der Waals surface area contributed by atoms with Crippen LogP contribution in [0.25, 0.3) is 10.6 Å². The first kappa shape index (κ1) is 29.1. The van der Waals surface area contributed by atoms with Crippen molar-refractivity contribution in [3.8, 4) is 10.6 Å². The number of halogens is 5. The van der Waals surface area contributed by atoms with Crippen molar-refractivity contribution in [3.63, 3.8) is 0 Å². The number of unbranched alkanes of at least 4 members (excludes halogenated alkanes) is 1. The van der Waals surface area contributed by atoms with E-state index in [-0.39, 0.29) is 30.6 Å². The van der Waals surface area contributed by atoms with Crippen LogP contribution in [0.15, 0.2) is 54.9 Å². The normalized spacial score (nSPS) is 10.9. The lowest BCUT2D eigenvalue weighted by molar-refractivity contribution is -0.137. The minimum absolute atomic E-state index is 0. The summed E-state index contributed by atoms with van der Waals surface area (Å²) in [6.45, 7) is 0.702. The third kappa shape index (κ3) is 8.47. The van der Waals surface area contributed by atoms with Gasteiger partial charge >= 0.3 is 12.1 Å². The first-order valence-corrected chi connectivity index (χ1v) is 10.4. The molecular weight excluding hydrogens is 514 g/mol. The van der Waals surface area contributed by atoms with Crippen LogP contribution >= 0.6 is 36.2 Å². The molecule has 0 aliphatic heterocycles. The highest BCUT2D eigenvalue weighted by atomic mass is 35.5. The Morgan fingerprint density at radius 3 is 2.68 bits per heavy atom. The maximum atomic E-state index is 12.9. The Labute approximate surface area is 210 Å². The van der Waals surface area contributed by atoms with Crippen LogP contribution in [0.4, 0.5) is 29.9 Å².